The number of carbonyl (C=O) groups excluding carboxylic acids is 1. The number of hydrogen-bond acceptors (Lipinski definition) is 5. The number of piperazine rings is 1. The number of benzene rings is 1. The first-order valence-corrected chi connectivity index (χ1v) is 7.46. The Morgan fingerprint density at radius 2 is 1.78 bits per heavy atom. The highest BCUT2D eigenvalue weighted by Crippen LogP contribution is 2.19. The summed E-state index contributed by atoms with van der Waals surface area (Å²) < 4.78 is 45.2. The SMILES string of the molecule is Cl.O=C(c1ccc2nsnc2c1)N1CCN(CC(F)(F)F)CC1. The van der Waals surface area contributed by atoms with Crippen LogP contribution in [0.5, 0.6) is 0 Å². The van der Waals surface area contributed by atoms with Crippen molar-refractivity contribution in [1.29, 1.82) is 0 Å². The van der Waals surface area contributed by atoms with Crippen LogP contribution in [0, 0.1) is 0 Å². The van der Waals surface area contributed by atoms with E-state index in [4.69, 9.17) is 0 Å². The summed E-state index contributed by atoms with van der Waals surface area (Å²) in [6, 6.07) is 5.07. The second-order valence-corrected chi connectivity index (χ2v) is 5.68. The molecule has 126 valence electrons. The number of nitrogens with zero attached hydrogens (tertiary/aromatic N) is 4. The van der Waals surface area contributed by atoms with Crippen molar-refractivity contribution in [2.24, 2.45) is 0 Å². The number of aromatic nitrogens is 2. The van der Waals surface area contributed by atoms with Crippen LogP contribution in [0.2, 0.25) is 0 Å². The fourth-order valence-electron chi connectivity index (χ4n) is 2.46. The maximum absolute atomic E-state index is 12.4. The molecule has 2 aromatic rings. The summed E-state index contributed by atoms with van der Waals surface area (Å²) in [6.07, 6.45) is -4.20. The van der Waals surface area contributed by atoms with Gasteiger partial charge in [-0.05, 0) is 18.2 Å². The first kappa shape index (κ1) is 17.9. The molecule has 1 fully saturated rings. The Kier molecular flexibility index (Phi) is 5.43. The van der Waals surface area contributed by atoms with Gasteiger partial charge in [-0.2, -0.15) is 21.9 Å². The predicted octanol–water partition coefficient (Wildman–Crippen LogP) is 2.43. The molecule has 0 bridgehead atoms. The highest BCUT2D eigenvalue weighted by Gasteiger charge is 2.33. The molecule has 1 saturated heterocycles. The minimum Gasteiger partial charge on any atom is -0.336 e. The fourth-order valence-corrected chi connectivity index (χ4v) is 2.98. The number of alkyl halides is 3. The van der Waals surface area contributed by atoms with Crippen molar-refractivity contribution in [2.45, 2.75) is 6.18 Å². The van der Waals surface area contributed by atoms with Gasteiger partial charge in [0.2, 0.25) is 0 Å². The minimum atomic E-state index is -4.20. The molecular weight excluding hydrogens is 353 g/mol. The van der Waals surface area contributed by atoms with Gasteiger partial charge in [0, 0.05) is 31.7 Å². The van der Waals surface area contributed by atoms with Gasteiger partial charge in [-0.1, -0.05) is 0 Å². The molecule has 0 radical (unpaired) electrons. The summed E-state index contributed by atoms with van der Waals surface area (Å²) in [5.41, 5.74) is 1.88. The molecule has 1 aromatic carbocycles. The van der Waals surface area contributed by atoms with Crippen molar-refractivity contribution in [1.82, 2.24) is 18.5 Å². The molecule has 10 heteroatoms. The van der Waals surface area contributed by atoms with Crippen molar-refractivity contribution in [3.63, 3.8) is 0 Å². The summed E-state index contributed by atoms with van der Waals surface area (Å²) >= 11 is 1.08. The van der Waals surface area contributed by atoms with Gasteiger partial charge in [-0.25, -0.2) is 0 Å². The Morgan fingerprint density at radius 3 is 2.43 bits per heavy atom. The molecule has 3 rings (SSSR count). The fraction of sp³-hybridized carbons (Fsp3) is 0.462. The number of halogens is 4. The average molecular weight is 367 g/mol. The normalized spacial score (nSPS) is 16.4. The lowest BCUT2D eigenvalue weighted by molar-refractivity contribution is -0.148. The summed E-state index contributed by atoms with van der Waals surface area (Å²) in [5.74, 6) is -0.179. The van der Waals surface area contributed by atoms with Gasteiger partial charge in [-0.3, -0.25) is 9.69 Å². The molecule has 5 nitrogen and oxygen atoms in total. The van der Waals surface area contributed by atoms with E-state index in [9.17, 15) is 18.0 Å². The molecule has 1 aliphatic heterocycles. The van der Waals surface area contributed by atoms with E-state index in [1.807, 2.05) is 0 Å². The number of amides is 1. The van der Waals surface area contributed by atoms with Gasteiger partial charge in [0.25, 0.3) is 5.91 Å². The molecule has 0 spiro atoms. The molecule has 0 aliphatic carbocycles. The highest BCUT2D eigenvalue weighted by molar-refractivity contribution is 7.00. The molecular formula is C13H14ClF3N4OS. The molecule has 0 saturated carbocycles. The van der Waals surface area contributed by atoms with Crippen molar-refractivity contribution in [2.75, 3.05) is 32.7 Å². The van der Waals surface area contributed by atoms with Crippen LogP contribution >= 0.6 is 24.1 Å². The maximum atomic E-state index is 12.4. The monoisotopic (exact) mass is 366 g/mol. The smallest absolute Gasteiger partial charge is 0.336 e. The lowest BCUT2D eigenvalue weighted by Crippen LogP contribution is -2.50. The Morgan fingerprint density at radius 1 is 1.13 bits per heavy atom. The molecule has 2 heterocycles. The van der Waals surface area contributed by atoms with Crippen LogP contribution in [-0.2, 0) is 0 Å². The standard InChI is InChI=1S/C13H13F3N4OS.ClH/c14-13(15,16)8-19-3-5-20(6-4-19)12(21)9-1-2-10-11(7-9)18-22-17-10;/h1-2,7H,3-6,8H2;1H. The van der Waals surface area contributed by atoms with E-state index in [2.05, 4.69) is 8.75 Å². The largest absolute Gasteiger partial charge is 0.401 e. The van der Waals surface area contributed by atoms with Gasteiger partial charge < -0.3 is 4.90 Å². The second-order valence-electron chi connectivity index (χ2n) is 5.15. The molecule has 0 atom stereocenters. The first-order chi connectivity index (χ1) is 10.4. The third-order valence-corrected chi connectivity index (χ3v) is 4.12. The van der Waals surface area contributed by atoms with Crippen LogP contribution in [0.1, 0.15) is 10.4 Å². The predicted molar refractivity (Wildman–Crippen MR) is 83.1 cm³/mol. The van der Waals surface area contributed by atoms with Gasteiger partial charge >= 0.3 is 6.18 Å². The molecule has 0 N–H and O–H groups in total. The minimum absolute atomic E-state index is 0. The van der Waals surface area contributed by atoms with E-state index in [0.29, 0.717) is 24.2 Å². The molecule has 0 unspecified atom stereocenters. The Labute approximate surface area is 140 Å². The van der Waals surface area contributed by atoms with E-state index in [1.165, 1.54) is 4.90 Å². The van der Waals surface area contributed by atoms with Gasteiger partial charge in [0.15, 0.2) is 0 Å². The number of carbonyl (C=O) groups is 1. The van der Waals surface area contributed by atoms with Crippen LogP contribution in [-0.4, -0.2) is 63.4 Å². The van der Waals surface area contributed by atoms with E-state index in [-0.39, 0.29) is 31.4 Å². The van der Waals surface area contributed by atoms with E-state index in [1.54, 1.807) is 23.1 Å². The van der Waals surface area contributed by atoms with Gasteiger partial charge in [0.1, 0.15) is 11.0 Å². The number of fused-ring (bicyclic) bond motifs is 1. The Balaban J connectivity index is 0.00000192. The quantitative estimate of drug-likeness (QED) is 0.819. The zero-order valence-electron chi connectivity index (χ0n) is 11.9. The van der Waals surface area contributed by atoms with Crippen LogP contribution in [0.15, 0.2) is 18.2 Å². The van der Waals surface area contributed by atoms with Gasteiger partial charge in [-0.15, -0.1) is 12.4 Å². The second kappa shape index (κ2) is 6.98. The summed E-state index contributed by atoms with van der Waals surface area (Å²) in [6.45, 7) is 0.119. The lowest BCUT2D eigenvalue weighted by atomic mass is 10.1. The Hall–Kier alpha value is -1.45. The van der Waals surface area contributed by atoms with Crippen LogP contribution < -0.4 is 0 Å². The van der Waals surface area contributed by atoms with E-state index >= 15 is 0 Å². The lowest BCUT2D eigenvalue weighted by Gasteiger charge is -2.35. The number of rotatable bonds is 2. The zero-order valence-corrected chi connectivity index (χ0v) is 13.5. The average Bonchev–Trinajstić information content (AvgIpc) is 2.93. The van der Waals surface area contributed by atoms with Crippen molar-refractivity contribution < 1.29 is 18.0 Å². The van der Waals surface area contributed by atoms with Crippen LogP contribution in [0.25, 0.3) is 11.0 Å². The van der Waals surface area contributed by atoms with Crippen LogP contribution in [0.4, 0.5) is 13.2 Å². The van der Waals surface area contributed by atoms with Gasteiger partial charge in [0.05, 0.1) is 18.3 Å². The highest BCUT2D eigenvalue weighted by atomic mass is 35.5. The first-order valence-electron chi connectivity index (χ1n) is 6.73. The zero-order chi connectivity index (χ0) is 15.7. The summed E-state index contributed by atoms with van der Waals surface area (Å²) in [5, 5.41) is 0. The van der Waals surface area contributed by atoms with Crippen LogP contribution in [0.3, 0.4) is 0 Å². The van der Waals surface area contributed by atoms with Crippen molar-refractivity contribution in [3.8, 4) is 0 Å². The summed E-state index contributed by atoms with van der Waals surface area (Å²) in [7, 11) is 0. The van der Waals surface area contributed by atoms with Crippen molar-refractivity contribution >= 4 is 41.1 Å². The number of hydrogen-bond donors (Lipinski definition) is 0. The maximum Gasteiger partial charge on any atom is 0.401 e. The van der Waals surface area contributed by atoms with E-state index < -0.39 is 12.7 Å². The Bertz CT molecular complexity index is 685. The molecule has 23 heavy (non-hydrogen) atoms. The topological polar surface area (TPSA) is 49.3 Å². The van der Waals surface area contributed by atoms with Crippen molar-refractivity contribution in [3.05, 3.63) is 23.8 Å². The third-order valence-electron chi connectivity index (χ3n) is 3.56. The molecule has 1 aliphatic rings. The van der Waals surface area contributed by atoms with E-state index in [0.717, 1.165) is 17.2 Å². The summed E-state index contributed by atoms with van der Waals surface area (Å²) in [4.78, 5) is 15.3. The molecule has 1 amide bonds. The third kappa shape index (κ3) is 4.30. The molecule has 1 aromatic heterocycles.